The molecule has 1 aromatic carbocycles. The Balaban J connectivity index is 0.00000112. The van der Waals surface area contributed by atoms with Crippen LogP contribution in [0, 0.1) is 0 Å². The second kappa shape index (κ2) is 4.41. The second-order valence-electron chi connectivity index (χ2n) is 4.16. The Labute approximate surface area is 100 Å². The first-order chi connectivity index (χ1) is 6.59. The average molecular weight is 274 g/mol. The van der Waals surface area contributed by atoms with Crippen molar-refractivity contribution in [2.45, 2.75) is 12.3 Å². The number of phenols is 2. The van der Waals surface area contributed by atoms with E-state index in [1.807, 2.05) is 20.2 Å². The summed E-state index contributed by atoms with van der Waals surface area (Å²) in [7, 11) is 4.08. The highest BCUT2D eigenvalue weighted by Crippen LogP contribution is 2.44. The van der Waals surface area contributed by atoms with Gasteiger partial charge in [-0.15, -0.1) is 17.0 Å². The lowest BCUT2D eigenvalue weighted by atomic mass is 9.76. The molecule has 0 heterocycles. The van der Waals surface area contributed by atoms with Gasteiger partial charge < -0.3 is 15.1 Å². The molecule has 2 N–H and O–H groups in total. The standard InChI is InChI=1S/C11H15NO2.BrH/c1-12(2)6-7-5-9-8(7)3-4-10(13)11(9)14;/h3-4,7,13-14H,5-6H2,1-2H3;1H. The highest BCUT2D eigenvalue weighted by atomic mass is 79.9. The highest BCUT2D eigenvalue weighted by molar-refractivity contribution is 8.93. The van der Waals surface area contributed by atoms with Crippen molar-refractivity contribution in [1.82, 2.24) is 4.90 Å². The van der Waals surface area contributed by atoms with Crippen molar-refractivity contribution in [3.05, 3.63) is 23.3 Å². The van der Waals surface area contributed by atoms with E-state index in [2.05, 4.69) is 4.90 Å². The number of phenolic OH excluding ortho intramolecular Hbond substituents is 2. The fourth-order valence-electron chi connectivity index (χ4n) is 2.07. The van der Waals surface area contributed by atoms with Crippen LogP contribution < -0.4 is 0 Å². The molecule has 0 radical (unpaired) electrons. The van der Waals surface area contributed by atoms with Crippen molar-refractivity contribution in [2.24, 2.45) is 0 Å². The first-order valence-corrected chi connectivity index (χ1v) is 4.78. The zero-order valence-electron chi connectivity index (χ0n) is 8.90. The molecular weight excluding hydrogens is 258 g/mol. The molecule has 0 amide bonds. The molecule has 0 aromatic heterocycles. The third kappa shape index (κ3) is 2.11. The molecule has 0 bridgehead atoms. The van der Waals surface area contributed by atoms with Gasteiger partial charge in [-0.2, -0.15) is 0 Å². The van der Waals surface area contributed by atoms with E-state index < -0.39 is 0 Å². The fraction of sp³-hybridized carbons (Fsp3) is 0.455. The molecule has 15 heavy (non-hydrogen) atoms. The van der Waals surface area contributed by atoms with Crippen LogP contribution in [0.2, 0.25) is 0 Å². The van der Waals surface area contributed by atoms with Gasteiger partial charge in [0, 0.05) is 18.0 Å². The molecule has 3 nitrogen and oxygen atoms in total. The molecule has 4 heteroatoms. The fourth-order valence-corrected chi connectivity index (χ4v) is 2.07. The zero-order valence-corrected chi connectivity index (χ0v) is 10.6. The van der Waals surface area contributed by atoms with Gasteiger partial charge >= 0.3 is 0 Å². The van der Waals surface area contributed by atoms with Crippen molar-refractivity contribution in [2.75, 3.05) is 20.6 Å². The first-order valence-electron chi connectivity index (χ1n) is 4.78. The number of aromatic hydroxyl groups is 2. The molecular formula is C11H16BrNO2. The molecule has 0 saturated heterocycles. The summed E-state index contributed by atoms with van der Waals surface area (Å²) in [6.07, 6.45) is 0.869. The largest absolute Gasteiger partial charge is 0.504 e. The van der Waals surface area contributed by atoms with Crippen molar-refractivity contribution < 1.29 is 10.2 Å². The van der Waals surface area contributed by atoms with Crippen LogP contribution in [0.5, 0.6) is 11.5 Å². The maximum Gasteiger partial charge on any atom is 0.160 e. The minimum absolute atomic E-state index is 0. The Morgan fingerprint density at radius 2 is 2.00 bits per heavy atom. The number of hydrogen-bond acceptors (Lipinski definition) is 3. The maximum absolute atomic E-state index is 9.53. The number of rotatable bonds is 2. The molecule has 2 rings (SSSR count). The van der Waals surface area contributed by atoms with Crippen molar-refractivity contribution in [3.63, 3.8) is 0 Å². The van der Waals surface area contributed by atoms with E-state index >= 15 is 0 Å². The van der Waals surface area contributed by atoms with Crippen molar-refractivity contribution in [3.8, 4) is 11.5 Å². The molecule has 0 saturated carbocycles. The van der Waals surface area contributed by atoms with Gasteiger partial charge in [-0.3, -0.25) is 0 Å². The third-order valence-electron chi connectivity index (χ3n) is 2.77. The van der Waals surface area contributed by atoms with Crippen LogP contribution in [0.15, 0.2) is 12.1 Å². The molecule has 1 unspecified atom stereocenters. The minimum Gasteiger partial charge on any atom is -0.504 e. The van der Waals surface area contributed by atoms with Crippen LogP contribution >= 0.6 is 17.0 Å². The predicted octanol–water partition coefficient (Wildman–Crippen LogP) is 1.88. The van der Waals surface area contributed by atoms with Gasteiger partial charge in [-0.25, -0.2) is 0 Å². The lowest BCUT2D eigenvalue weighted by Gasteiger charge is -2.32. The van der Waals surface area contributed by atoms with E-state index in [0.29, 0.717) is 5.92 Å². The van der Waals surface area contributed by atoms with Crippen LogP contribution in [0.25, 0.3) is 0 Å². The molecule has 84 valence electrons. The number of nitrogens with zero attached hydrogens (tertiary/aromatic N) is 1. The number of hydrogen-bond donors (Lipinski definition) is 2. The number of fused-ring (bicyclic) bond motifs is 1. The molecule has 1 atom stereocenters. The normalized spacial score (nSPS) is 17.9. The van der Waals surface area contributed by atoms with Gasteiger partial charge in [-0.05, 0) is 32.1 Å². The number of benzene rings is 1. The average Bonchev–Trinajstić information content (AvgIpc) is 2.08. The third-order valence-corrected chi connectivity index (χ3v) is 2.77. The molecule has 1 aromatic rings. The van der Waals surface area contributed by atoms with Crippen LogP contribution in [0.4, 0.5) is 0 Å². The lowest BCUT2D eigenvalue weighted by molar-refractivity contribution is 0.342. The summed E-state index contributed by atoms with van der Waals surface area (Å²) in [6, 6.07) is 3.47. The minimum atomic E-state index is -0.00736. The Morgan fingerprint density at radius 3 is 2.60 bits per heavy atom. The smallest absolute Gasteiger partial charge is 0.160 e. The van der Waals surface area contributed by atoms with E-state index in [-0.39, 0.29) is 28.5 Å². The van der Waals surface area contributed by atoms with E-state index in [4.69, 9.17) is 0 Å². The Kier molecular flexibility index (Phi) is 3.62. The summed E-state index contributed by atoms with van der Waals surface area (Å²) >= 11 is 0. The summed E-state index contributed by atoms with van der Waals surface area (Å²) in [5.74, 6) is 0.566. The zero-order chi connectivity index (χ0) is 10.3. The summed E-state index contributed by atoms with van der Waals surface area (Å²) < 4.78 is 0. The van der Waals surface area contributed by atoms with Crippen LogP contribution in [-0.2, 0) is 6.42 Å². The van der Waals surface area contributed by atoms with Crippen LogP contribution in [0.1, 0.15) is 17.0 Å². The van der Waals surface area contributed by atoms with Gasteiger partial charge in [0.2, 0.25) is 0 Å². The lowest BCUT2D eigenvalue weighted by Crippen LogP contribution is -2.28. The maximum atomic E-state index is 9.53. The van der Waals surface area contributed by atoms with Gasteiger partial charge in [0.05, 0.1) is 0 Å². The molecule has 1 aliphatic rings. The number of likely N-dealkylation sites (N-methyl/N-ethyl adjacent to an activating group) is 1. The topological polar surface area (TPSA) is 43.7 Å². The van der Waals surface area contributed by atoms with E-state index in [1.165, 1.54) is 5.56 Å². The SMILES string of the molecule is Br.CN(C)CC1Cc2c1ccc(O)c2O. The summed E-state index contributed by atoms with van der Waals surface area (Å²) in [5, 5.41) is 18.8. The molecule has 0 aliphatic heterocycles. The summed E-state index contributed by atoms with van der Waals surface area (Å²) in [5.41, 5.74) is 2.09. The monoisotopic (exact) mass is 273 g/mol. The van der Waals surface area contributed by atoms with Gasteiger partial charge in [0.15, 0.2) is 11.5 Å². The van der Waals surface area contributed by atoms with Crippen molar-refractivity contribution in [1.29, 1.82) is 0 Å². The molecule has 1 aliphatic carbocycles. The summed E-state index contributed by atoms with van der Waals surface area (Å²) in [4.78, 5) is 2.14. The van der Waals surface area contributed by atoms with E-state index in [9.17, 15) is 10.2 Å². The second-order valence-corrected chi connectivity index (χ2v) is 4.16. The molecule has 0 fully saturated rings. The number of halogens is 1. The Bertz CT molecular complexity index is 366. The predicted molar refractivity (Wildman–Crippen MR) is 65.1 cm³/mol. The van der Waals surface area contributed by atoms with E-state index in [0.717, 1.165) is 18.5 Å². The first kappa shape index (κ1) is 12.3. The van der Waals surface area contributed by atoms with Gasteiger partial charge in [0.1, 0.15) is 0 Å². The van der Waals surface area contributed by atoms with E-state index in [1.54, 1.807) is 6.07 Å². The van der Waals surface area contributed by atoms with Gasteiger partial charge in [0.25, 0.3) is 0 Å². The van der Waals surface area contributed by atoms with Crippen molar-refractivity contribution >= 4 is 17.0 Å². The van der Waals surface area contributed by atoms with Crippen LogP contribution in [0.3, 0.4) is 0 Å². The summed E-state index contributed by atoms with van der Waals surface area (Å²) in [6.45, 7) is 0.997. The Hall–Kier alpha value is -0.740. The molecule has 0 spiro atoms. The quantitative estimate of drug-likeness (QED) is 0.809. The Morgan fingerprint density at radius 1 is 1.33 bits per heavy atom. The highest BCUT2D eigenvalue weighted by Gasteiger charge is 2.30. The van der Waals surface area contributed by atoms with Crippen LogP contribution in [-0.4, -0.2) is 35.8 Å². The van der Waals surface area contributed by atoms with Gasteiger partial charge in [-0.1, -0.05) is 6.07 Å².